The number of ketones is 1. The van der Waals surface area contributed by atoms with E-state index in [0.717, 1.165) is 30.4 Å². The van der Waals surface area contributed by atoms with Crippen molar-refractivity contribution in [2.45, 2.75) is 52.4 Å². The monoisotopic (exact) mass is 245 g/mol. The molecular weight excluding hydrogens is 222 g/mol. The van der Waals surface area contributed by atoms with Gasteiger partial charge in [-0.25, -0.2) is 0 Å². The van der Waals surface area contributed by atoms with Crippen LogP contribution in [0, 0.1) is 11.8 Å². The van der Waals surface area contributed by atoms with Crippen LogP contribution in [0.2, 0.25) is 0 Å². The zero-order valence-corrected chi connectivity index (χ0v) is 11.5. The number of pyridine rings is 1. The third kappa shape index (κ3) is 2.63. The Morgan fingerprint density at radius 3 is 2.83 bits per heavy atom. The summed E-state index contributed by atoms with van der Waals surface area (Å²) in [5.74, 6) is 1.20. The van der Waals surface area contributed by atoms with Gasteiger partial charge >= 0.3 is 0 Å². The van der Waals surface area contributed by atoms with Crippen molar-refractivity contribution in [1.29, 1.82) is 0 Å². The van der Waals surface area contributed by atoms with E-state index in [4.69, 9.17) is 0 Å². The molecule has 0 radical (unpaired) electrons. The number of carbonyl (C=O) groups is 1. The fourth-order valence-corrected chi connectivity index (χ4v) is 3.19. The van der Waals surface area contributed by atoms with Gasteiger partial charge in [-0.3, -0.25) is 9.78 Å². The van der Waals surface area contributed by atoms with Crippen LogP contribution in [0.15, 0.2) is 18.5 Å². The van der Waals surface area contributed by atoms with E-state index in [1.54, 1.807) is 6.20 Å². The molecule has 0 saturated heterocycles. The molecule has 2 unspecified atom stereocenters. The van der Waals surface area contributed by atoms with Crippen molar-refractivity contribution in [2.24, 2.45) is 11.8 Å². The molecule has 98 valence electrons. The normalized spacial score (nSPS) is 23.9. The van der Waals surface area contributed by atoms with E-state index < -0.39 is 0 Å². The van der Waals surface area contributed by atoms with Crippen LogP contribution in [-0.2, 0) is 6.42 Å². The Morgan fingerprint density at radius 2 is 2.11 bits per heavy atom. The number of aromatic nitrogens is 1. The van der Waals surface area contributed by atoms with E-state index in [1.807, 2.05) is 12.3 Å². The van der Waals surface area contributed by atoms with Crippen molar-refractivity contribution in [3.63, 3.8) is 0 Å². The van der Waals surface area contributed by atoms with Crippen molar-refractivity contribution in [2.75, 3.05) is 0 Å². The molecule has 1 saturated carbocycles. The van der Waals surface area contributed by atoms with Crippen LogP contribution in [0.25, 0.3) is 0 Å². The smallest absolute Gasteiger partial charge is 0.166 e. The first-order valence-electron chi connectivity index (χ1n) is 7.25. The van der Waals surface area contributed by atoms with Gasteiger partial charge < -0.3 is 0 Å². The van der Waals surface area contributed by atoms with E-state index in [2.05, 4.69) is 18.8 Å². The Kier molecular flexibility index (Phi) is 4.51. The third-order valence-corrected chi connectivity index (χ3v) is 4.32. The molecule has 0 N–H and O–H groups in total. The molecule has 1 aliphatic rings. The van der Waals surface area contributed by atoms with Crippen LogP contribution >= 0.6 is 0 Å². The van der Waals surface area contributed by atoms with Crippen molar-refractivity contribution >= 4 is 5.78 Å². The van der Waals surface area contributed by atoms with E-state index >= 15 is 0 Å². The first-order valence-corrected chi connectivity index (χ1v) is 7.25. The minimum atomic E-state index is 0.247. The topological polar surface area (TPSA) is 30.0 Å². The van der Waals surface area contributed by atoms with Crippen molar-refractivity contribution in [1.82, 2.24) is 4.98 Å². The maximum absolute atomic E-state index is 12.7. The number of hydrogen-bond acceptors (Lipinski definition) is 2. The zero-order chi connectivity index (χ0) is 13.0. The van der Waals surface area contributed by atoms with Gasteiger partial charge in [0, 0.05) is 23.9 Å². The fraction of sp³-hybridized carbons (Fsp3) is 0.625. The van der Waals surface area contributed by atoms with Gasteiger partial charge in [0.1, 0.15) is 0 Å². The predicted molar refractivity (Wildman–Crippen MR) is 73.7 cm³/mol. The number of aryl methyl sites for hydroxylation is 1. The highest BCUT2D eigenvalue weighted by Gasteiger charge is 2.30. The number of carbonyl (C=O) groups excluding carboxylic acids is 1. The summed E-state index contributed by atoms with van der Waals surface area (Å²) in [6.45, 7) is 4.30. The van der Waals surface area contributed by atoms with E-state index in [-0.39, 0.29) is 5.92 Å². The molecule has 2 nitrogen and oxygen atoms in total. The Hall–Kier alpha value is -1.18. The summed E-state index contributed by atoms with van der Waals surface area (Å²) in [5.41, 5.74) is 2.01. The lowest BCUT2D eigenvalue weighted by molar-refractivity contribution is 0.0819. The highest BCUT2D eigenvalue weighted by molar-refractivity contribution is 5.99. The Labute approximate surface area is 110 Å². The van der Waals surface area contributed by atoms with Crippen LogP contribution in [0.1, 0.15) is 61.9 Å². The Bertz CT molecular complexity index is 413. The van der Waals surface area contributed by atoms with Gasteiger partial charge in [-0.05, 0) is 36.8 Å². The summed E-state index contributed by atoms with van der Waals surface area (Å²) < 4.78 is 0. The second-order valence-corrected chi connectivity index (χ2v) is 5.31. The molecule has 1 fully saturated rings. The van der Waals surface area contributed by atoms with Crippen molar-refractivity contribution in [3.05, 3.63) is 29.6 Å². The van der Waals surface area contributed by atoms with Crippen molar-refractivity contribution < 1.29 is 4.79 Å². The average Bonchev–Trinajstić information content (AvgIpc) is 2.46. The maximum Gasteiger partial charge on any atom is 0.166 e. The minimum absolute atomic E-state index is 0.247. The molecule has 0 amide bonds. The summed E-state index contributed by atoms with van der Waals surface area (Å²) >= 11 is 0. The Balaban J connectivity index is 2.24. The first kappa shape index (κ1) is 13.3. The third-order valence-electron chi connectivity index (χ3n) is 4.32. The van der Waals surface area contributed by atoms with Gasteiger partial charge in [0.05, 0.1) is 0 Å². The summed E-state index contributed by atoms with van der Waals surface area (Å²) in [4.78, 5) is 16.9. The summed E-state index contributed by atoms with van der Waals surface area (Å²) in [7, 11) is 0. The first-order chi connectivity index (χ1) is 8.77. The molecule has 1 heterocycles. The SMILES string of the molecule is CCc1cnccc1C(=O)C1CCCCC1CC. The summed E-state index contributed by atoms with van der Waals surface area (Å²) in [6, 6.07) is 1.91. The van der Waals surface area contributed by atoms with Gasteiger partial charge in [-0.2, -0.15) is 0 Å². The number of rotatable bonds is 4. The van der Waals surface area contributed by atoms with Gasteiger partial charge in [-0.1, -0.05) is 33.1 Å². The Morgan fingerprint density at radius 1 is 1.33 bits per heavy atom. The van der Waals surface area contributed by atoms with Crippen LogP contribution in [-0.4, -0.2) is 10.8 Å². The molecule has 2 rings (SSSR count). The second-order valence-electron chi connectivity index (χ2n) is 5.31. The van der Waals surface area contributed by atoms with Gasteiger partial charge in [0.2, 0.25) is 0 Å². The zero-order valence-electron chi connectivity index (χ0n) is 11.5. The number of hydrogen-bond donors (Lipinski definition) is 0. The molecule has 0 aromatic carbocycles. The van der Waals surface area contributed by atoms with E-state index in [1.165, 1.54) is 19.3 Å². The van der Waals surface area contributed by atoms with Crippen LogP contribution in [0.5, 0.6) is 0 Å². The van der Waals surface area contributed by atoms with Gasteiger partial charge in [-0.15, -0.1) is 0 Å². The molecule has 1 aromatic heterocycles. The summed E-state index contributed by atoms with van der Waals surface area (Å²) in [6.07, 6.45) is 10.4. The second kappa shape index (κ2) is 6.12. The lowest BCUT2D eigenvalue weighted by atomic mass is 9.74. The fourth-order valence-electron chi connectivity index (χ4n) is 3.19. The maximum atomic E-state index is 12.7. The highest BCUT2D eigenvalue weighted by Crippen LogP contribution is 2.34. The number of Topliss-reactive ketones (excluding diaryl/α,β-unsaturated/α-hetero) is 1. The summed E-state index contributed by atoms with van der Waals surface area (Å²) in [5, 5.41) is 0. The lowest BCUT2D eigenvalue weighted by Gasteiger charge is -2.30. The molecule has 1 aliphatic carbocycles. The standard InChI is InChI=1S/C16H23NO/c1-3-12-7-5-6-8-14(12)16(18)15-9-10-17-11-13(15)4-2/h9-12,14H,3-8H2,1-2H3. The van der Waals surface area contributed by atoms with E-state index in [9.17, 15) is 4.79 Å². The van der Waals surface area contributed by atoms with E-state index in [0.29, 0.717) is 11.7 Å². The molecule has 2 heteroatoms. The van der Waals surface area contributed by atoms with Crippen LogP contribution < -0.4 is 0 Å². The lowest BCUT2D eigenvalue weighted by Crippen LogP contribution is -2.27. The van der Waals surface area contributed by atoms with Crippen LogP contribution in [0.3, 0.4) is 0 Å². The molecule has 0 aliphatic heterocycles. The highest BCUT2D eigenvalue weighted by atomic mass is 16.1. The molecule has 2 atom stereocenters. The minimum Gasteiger partial charge on any atom is -0.294 e. The quantitative estimate of drug-likeness (QED) is 0.749. The average molecular weight is 245 g/mol. The molecular formula is C16H23NO. The molecule has 18 heavy (non-hydrogen) atoms. The van der Waals surface area contributed by atoms with Gasteiger partial charge in [0.25, 0.3) is 0 Å². The number of nitrogens with zero attached hydrogens (tertiary/aromatic N) is 1. The largest absolute Gasteiger partial charge is 0.294 e. The molecule has 0 spiro atoms. The molecule has 0 bridgehead atoms. The van der Waals surface area contributed by atoms with Crippen molar-refractivity contribution in [3.8, 4) is 0 Å². The van der Waals surface area contributed by atoms with Gasteiger partial charge in [0.15, 0.2) is 5.78 Å². The van der Waals surface area contributed by atoms with Crippen LogP contribution in [0.4, 0.5) is 0 Å². The molecule has 1 aromatic rings. The predicted octanol–water partition coefficient (Wildman–Crippen LogP) is 4.04.